The van der Waals surface area contributed by atoms with Crippen LogP contribution in [0, 0.1) is 29.1 Å². The molecule has 218 valence electrons. The molecule has 2 aromatic carbocycles. The highest BCUT2D eigenvalue weighted by Crippen LogP contribution is 2.57. The molecule has 1 unspecified atom stereocenters. The topological polar surface area (TPSA) is 60.4 Å². The van der Waals surface area contributed by atoms with Crippen LogP contribution in [0.2, 0.25) is 0 Å². The molecule has 0 spiro atoms. The molecule has 3 rings (SSSR count). The lowest BCUT2D eigenvalue weighted by Crippen LogP contribution is -2.49. The molecule has 0 bridgehead atoms. The first-order valence-electron chi connectivity index (χ1n) is 15.0. The van der Waals surface area contributed by atoms with Crippen LogP contribution in [-0.4, -0.2) is 24.0 Å². The van der Waals surface area contributed by atoms with E-state index in [0.717, 1.165) is 43.2 Å². The average Bonchev–Trinajstić information content (AvgIpc) is 2.84. The van der Waals surface area contributed by atoms with Crippen molar-refractivity contribution in [1.82, 2.24) is 0 Å². The average molecular weight is 547 g/mol. The third-order valence-electron chi connectivity index (χ3n) is 9.17. The maximum atomic E-state index is 14.2. The summed E-state index contributed by atoms with van der Waals surface area (Å²) >= 11 is 0. The Morgan fingerprint density at radius 1 is 1.00 bits per heavy atom. The Kier molecular flexibility index (Phi) is 9.86. The summed E-state index contributed by atoms with van der Waals surface area (Å²) in [6.07, 6.45) is 4.42. The van der Waals surface area contributed by atoms with Gasteiger partial charge in [0.25, 0.3) is 0 Å². The summed E-state index contributed by atoms with van der Waals surface area (Å²) < 4.78 is 5.95. The molecular formula is C36H50O4. The quantitative estimate of drug-likeness (QED) is 0.222. The second-order valence-electron chi connectivity index (χ2n) is 13.9. The lowest BCUT2D eigenvalue weighted by Gasteiger charge is -2.52. The Morgan fingerprint density at radius 3 is 2.15 bits per heavy atom. The first-order chi connectivity index (χ1) is 18.6. The molecule has 40 heavy (non-hydrogen) atoms. The molecular weight excluding hydrogens is 496 g/mol. The number of hydrogen-bond acceptors (Lipinski definition) is 4. The fourth-order valence-corrected chi connectivity index (χ4v) is 7.24. The van der Waals surface area contributed by atoms with Gasteiger partial charge in [-0.25, -0.2) is 0 Å². The fraction of sp³-hybridized carbons (Fsp3) is 0.583. The molecule has 0 saturated heterocycles. The van der Waals surface area contributed by atoms with Crippen molar-refractivity contribution in [3.63, 3.8) is 0 Å². The van der Waals surface area contributed by atoms with Gasteiger partial charge in [-0.3, -0.25) is 14.4 Å². The molecule has 0 N–H and O–H groups in total. The largest absolute Gasteiger partial charge is 0.493 e. The third kappa shape index (κ3) is 7.30. The highest BCUT2D eigenvalue weighted by molar-refractivity contribution is 5.97. The fourth-order valence-electron chi connectivity index (χ4n) is 7.24. The number of carbonyl (C=O) groups excluding carboxylic acids is 3. The van der Waals surface area contributed by atoms with Crippen molar-refractivity contribution in [2.75, 3.05) is 6.61 Å². The first kappa shape index (κ1) is 31.8. The molecule has 1 fully saturated rings. The van der Waals surface area contributed by atoms with Crippen molar-refractivity contribution < 1.29 is 19.1 Å². The minimum Gasteiger partial charge on any atom is -0.493 e. The van der Waals surface area contributed by atoms with E-state index in [9.17, 15) is 14.4 Å². The van der Waals surface area contributed by atoms with Gasteiger partial charge >= 0.3 is 0 Å². The molecule has 1 aliphatic carbocycles. The van der Waals surface area contributed by atoms with Crippen LogP contribution in [-0.2, 0) is 16.0 Å². The minimum atomic E-state index is -0.540. The van der Waals surface area contributed by atoms with Crippen molar-refractivity contribution in [1.29, 1.82) is 0 Å². The highest BCUT2D eigenvalue weighted by Gasteiger charge is 2.53. The summed E-state index contributed by atoms with van der Waals surface area (Å²) in [7, 11) is 0. The summed E-state index contributed by atoms with van der Waals surface area (Å²) in [5, 5.41) is 0. The van der Waals surface area contributed by atoms with Crippen LogP contribution in [0.25, 0.3) is 0 Å². The number of benzene rings is 2. The van der Waals surface area contributed by atoms with Gasteiger partial charge < -0.3 is 4.74 Å². The summed E-state index contributed by atoms with van der Waals surface area (Å²) in [6.45, 7) is 18.6. The van der Waals surface area contributed by atoms with Gasteiger partial charge in [0.15, 0.2) is 5.78 Å². The predicted octanol–water partition coefficient (Wildman–Crippen LogP) is 8.72. The molecule has 4 heteroatoms. The van der Waals surface area contributed by atoms with E-state index < -0.39 is 5.41 Å². The maximum Gasteiger partial charge on any atom is 0.163 e. The summed E-state index contributed by atoms with van der Waals surface area (Å²) in [5.74, 6) is 0.606. The molecule has 0 aliphatic heterocycles. The molecule has 0 aromatic heterocycles. The lowest BCUT2D eigenvalue weighted by atomic mass is 9.50. The molecule has 0 radical (unpaired) electrons. The SMILES string of the molecule is CCOc1c(C(C)=O)ccc([C@@H](C)C(CCC(C)(C)Cc2ccccc2)C(=O)CC2(C(C)=O)CC(C)(C)C2)c1C. The van der Waals surface area contributed by atoms with Crippen LogP contribution in [0.3, 0.4) is 0 Å². The molecule has 4 nitrogen and oxygen atoms in total. The zero-order valence-electron chi connectivity index (χ0n) is 26.3. The van der Waals surface area contributed by atoms with Gasteiger partial charge in [0.05, 0.1) is 12.2 Å². The van der Waals surface area contributed by atoms with Crippen LogP contribution >= 0.6 is 0 Å². The number of rotatable bonds is 14. The van der Waals surface area contributed by atoms with E-state index in [1.807, 2.05) is 32.0 Å². The molecule has 2 aromatic rings. The highest BCUT2D eigenvalue weighted by atomic mass is 16.5. The normalized spacial score (nSPS) is 17.4. The van der Waals surface area contributed by atoms with Crippen LogP contribution in [0.15, 0.2) is 42.5 Å². The summed E-state index contributed by atoms with van der Waals surface area (Å²) in [5.41, 5.74) is 3.41. The van der Waals surface area contributed by atoms with E-state index in [0.29, 0.717) is 24.3 Å². The second-order valence-corrected chi connectivity index (χ2v) is 13.9. The molecule has 1 saturated carbocycles. The van der Waals surface area contributed by atoms with Crippen molar-refractivity contribution >= 4 is 17.3 Å². The Bertz CT molecular complexity index is 1210. The van der Waals surface area contributed by atoms with Gasteiger partial charge in [-0.15, -0.1) is 0 Å². The number of ether oxygens (including phenoxy) is 1. The smallest absolute Gasteiger partial charge is 0.163 e. The second kappa shape index (κ2) is 12.4. The Labute approximate surface area is 242 Å². The number of ketones is 3. The van der Waals surface area contributed by atoms with Gasteiger partial charge in [0.1, 0.15) is 17.3 Å². The summed E-state index contributed by atoms with van der Waals surface area (Å²) in [4.78, 5) is 39.4. The van der Waals surface area contributed by atoms with Crippen LogP contribution < -0.4 is 4.74 Å². The molecule has 0 heterocycles. The van der Waals surface area contributed by atoms with E-state index in [1.165, 1.54) is 5.56 Å². The maximum absolute atomic E-state index is 14.2. The Hall–Kier alpha value is -2.75. The molecule has 0 amide bonds. The number of carbonyl (C=O) groups is 3. The van der Waals surface area contributed by atoms with Gasteiger partial charge in [-0.1, -0.05) is 71.0 Å². The zero-order valence-corrected chi connectivity index (χ0v) is 26.3. The van der Waals surface area contributed by atoms with Crippen LogP contribution in [0.4, 0.5) is 0 Å². The van der Waals surface area contributed by atoms with Crippen LogP contribution in [0.1, 0.15) is 120 Å². The molecule has 2 atom stereocenters. The van der Waals surface area contributed by atoms with Crippen molar-refractivity contribution in [3.05, 3.63) is 64.7 Å². The van der Waals surface area contributed by atoms with E-state index in [2.05, 4.69) is 58.9 Å². The predicted molar refractivity (Wildman–Crippen MR) is 163 cm³/mol. The van der Waals surface area contributed by atoms with Crippen molar-refractivity contribution in [3.8, 4) is 5.75 Å². The van der Waals surface area contributed by atoms with E-state index in [4.69, 9.17) is 4.74 Å². The van der Waals surface area contributed by atoms with Gasteiger partial charge in [-0.05, 0) is 99.3 Å². The Balaban J connectivity index is 1.94. The zero-order chi connectivity index (χ0) is 29.9. The Morgan fingerprint density at radius 2 is 1.62 bits per heavy atom. The van der Waals surface area contributed by atoms with E-state index in [1.54, 1.807) is 13.8 Å². The van der Waals surface area contributed by atoms with Crippen molar-refractivity contribution in [2.45, 2.75) is 107 Å². The van der Waals surface area contributed by atoms with Crippen molar-refractivity contribution in [2.24, 2.45) is 22.2 Å². The minimum absolute atomic E-state index is 0.0142. The van der Waals surface area contributed by atoms with Gasteiger partial charge in [0, 0.05) is 17.8 Å². The monoisotopic (exact) mass is 546 g/mol. The van der Waals surface area contributed by atoms with Gasteiger partial charge in [0.2, 0.25) is 0 Å². The standard InChI is InChI=1S/C36H50O4/c1-10-40-33-25(3)29(16-17-31(33)26(4)37)24(2)30(18-19-34(6,7)20-28-14-12-11-13-15-28)32(39)21-36(27(5)38)22-35(8,9)23-36/h11-17,24,30H,10,18-23H2,1-9H3/t24-,30?/m1/s1. The molecule has 1 aliphatic rings. The van der Waals surface area contributed by atoms with E-state index >= 15 is 0 Å². The van der Waals surface area contributed by atoms with E-state index in [-0.39, 0.29) is 40.0 Å². The third-order valence-corrected chi connectivity index (χ3v) is 9.17. The number of Topliss-reactive ketones (excluding diaryl/α,β-unsaturated/α-hetero) is 3. The number of hydrogen-bond donors (Lipinski definition) is 0. The summed E-state index contributed by atoms with van der Waals surface area (Å²) in [6, 6.07) is 14.4. The lowest BCUT2D eigenvalue weighted by molar-refractivity contribution is -0.147. The van der Waals surface area contributed by atoms with Gasteiger partial charge in [-0.2, -0.15) is 0 Å². The first-order valence-corrected chi connectivity index (χ1v) is 15.0. The van der Waals surface area contributed by atoms with Crippen LogP contribution in [0.5, 0.6) is 5.75 Å².